The number of aromatic amines is 1. The molecule has 6 heteroatoms. The smallest absolute Gasteiger partial charge is 0.268 e. The minimum Gasteiger partial charge on any atom is -0.486 e. The van der Waals surface area contributed by atoms with Crippen LogP contribution in [0.3, 0.4) is 0 Å². The number of ether oxygens (including phenoxy) is 1. The van der Waals surface area contributed by atoms with E-state index in [1.807, 2.05) is 35.7 Å². The third-order valence-electron chi connectivity index (χ3n) is 3.07. The van der Waals surface area contributed by atoms with Crippen molar-refractivity contribution >= 4 is 21.6 Å². The number of nitrogens with two attached hydrogens (primary N) is 1. The molecule has 3 rings (SSSR count). The number of nitrogens with zero attached hydrogens (tertiary/aromatic N) is 1. The molecule has 0 unspecified atom stereocenters. The summed E-state index contributed by atoms with van der Waals surface area (Å²) in [7, 11) is 0. The summed E-state index contributed by atoms with van der Waals surface area (Å²) in [5.74, 6) is 1.27. The summed E-state index contributed by atoms with van der Waals surface area (Å²) in [5.41, 5.74) is 7.26. The van der Waals surface area contributed by atoms with Gasteiger partial charge in [-0.15, -0.1) is 11.3 Å². The molecule has 21 heavy (non-hydrogen) atoms. The van der Waals surface area contributed by atoms with Gasteiger partial charge in [0.15, 0.2) is 0 Å². The van der Waals surface area contributed by atoms with Gasteiger partial charge in [0.05, 0.1) is 5.52 Å². The van der Waals surface area contributed by atoms with Gasteiger partial charge in [0.1, 0.15) is 22.9 Å². The summed E-state index contributed by atoms with van der Waals surface area (Å²) >= 11 is 1.39. The first-order valence-electron chi connectivity index (χ1n) is 6.64. The quantitative estimate of drug-likeness (QED) is 0.756. The Morgan fingerprint density at radius 3 is 3.10 bits per heavy atom. The molecule has 0 aliphatic carbocycles. The Hall–Kier alpha value is -2.18. The molecule has 1 aromatic carbocycles. The van der Waals surface area contributed by atoms with Gasteiger partial charge in [0.2, 0.25) is 0 Å². The van der Waals surface area contributed by atoms with E-state index in [2.05, 4.69) is 9.97 Å². The molecule has 0 aliphatic rings. The zero-order valence-corrected chi connectivity index (χ0v) is 12.2. The number of nitrogens with one attached hydrogen (secondary N) is 1. The van der Waals surface area contributed by atoms with Gasteiger partial charge in [-0.25, -0.2) is 4.98 Å². The first-order chi connectivity index (χ1) is 10.3. The van der Waals surface area contributed by atoms with Crippen molar-refractivity contribution < 1.29 is 4.74 Å². The molecule has 0 saturated carbocycles. The van der Waals surface area contributed by atoms with Gasteiger partial charge in [0.25, 0.3) is 5.56 Å². The Labute approximate surface area is 125 Å². The van der Waals surface area contributed by atoms with Gasteiger partial charge >= 0.3 is 0 Å². The summed E-state index contributed by atoms with van der Waals surface area (Å²) in [4.78, 5) is 19.0. The van der Waals surface area contributed by atoms with Crippen molar-refractivity contribution in [1.29, 1.82) is 0 Å². The van der Waals surface area contributed by atoms with E-state index in [0.29, 0.717) is 22.6 Å². The van der Waals surface area contributed by atoms with Gasteiger partial charge in [-0.2, -0.15) is 0 Å². The van der Waals surface area contributed by atoms with Crippen LogP contribution >= 0.6 is 11.3 Å². The molecule has 108 valence electrons. The lowest BCUT2D eigenvalue weighted by Crippen LogP contribution is -2.12. The monoisotopic (exact) mass is 301 g/mol. The van der Waals surface area contributed by atoms with Crippen LogP contribution in [0.1, 0.15) is 11.4 Å². The maximum atomic E-state index is 11.9. The van der Waals surface area contributed by atoms with Crippen LogP contribution in [0.25, 0.3) is 10.2 Å². The van der Waals surface area contributed by atoms with Crippen molar-refractivity contribution in [2.45, 2.75) is 13.0 Å². The standard InChI is InChI=1S/C15H15N3O2S/c16-6-4-10-2-1-3-11(8-10)20-9-13-17-12-5-7-21-14(12)15(19)18-13/h1-3,5,7-8H,4,6,9,16H2,(H,17,18,19). The Morgan fingerprint density at radius 2 is 2.24 bits per heavy atom. The van der Waals surface area contributed by atoms with E-state index >= 15 is 0 Å². The second-order valence-corrected chi connectivity index (χ2v) is 5.54. The number of benzene rings is 1. The van der Waals surface area contributed by atoms with Crippen LogP contribution in [-0.4, -0.2) is 16.5 Å². The molecule has 0 atom stereocenters. The van der Waals surface area contributed by atoms with Crippen LogP contribution in [-0.2, 0) is 13.0 Å². The van der Waals surface area contributed by atoms with E-state index in [4.69, 9.17) is 10.5 Å². The highest BCUT2D eigenvalue weighted by Gasteiger charge is 2.05. The maximum Gasteiger partial charge on any atom is 0.268 e. The second-order valence-electron chi connectivity index (χ2n) is 4.62. The minimum atomic E-state index is -0.120. The minimum absolute atomic E-state index is 0.120. The lowest BCUT2D eigenvalue weighted by molar-refractivity contribution is 0.296. The first kappa shape index (κ1) is 13.8. The van der Waals surface area contributed by atoms with Crippen LogP contribution in [0, 0.1) is 0 Å². The topological polar surface area (TPSA) is 81.0 Å². The summed E-state index contributed by atoms with van der Waals surface area (Å²) in [5, 5.41) is 1.85. The number of rotatable bonds is 5. The average molecular weight is 301 g/mol. The Balaban J connectivity index is 1.76. The molecule has 0 saturated heterocycles. The van der Waals surface area contributed by atoms with E-state index in [9.17, 15) is 4.79 Å². The van der Waals surface area contributed by atoms with Crippen LogP contribution in [0.2, 0.25) is 0 Å². The third-order valence-corrected chi connectivity index (χ3v) is 3.97. The van der Waals surface area contributed by atoms with E-state index in [-0.39, 0.29) is 12.2 Å². The zero-order chi connectivity index (χ0) is 14.7. The number of aromatic nitrogens is 2. The second kappa shape index (κ2) is 6.07. The van der Waals surface area contributed by atoms with Crippen molar-refractivity contribution in [3.05, 3.63) is 57.5 Å². The number of H-pyrrole nitrogens is 1. The van der Waals surface area contributed by atoms with Gasteiger partial charge in [-0.1, -0.05) is 12.1 Å². The lowest BCUT2D eigenvalue weighted by atomic mass is 10.1. The van der Waals surface area contributed by atoms with Gasteiger partial charge in [0, 0.05) is 0 Å². The molecule has 0 bridgehead atoms. The predicted molar refractivity (Wildman–Crippen MR) is 83.8 cm³/mol. The van der Waals surface area contributed by atoms with Gasteiger partial charge in [-0.3, -0.25) is 4.79 Å². The molecule has 3 aromatic rings. The molecule has 3 N–H and O–H groups in total. The Morgan fingerprint density at radius 1 is 1.33 bits per heavy atom. The highest BCUT2D eigenvalue weighted by Crippen LogP contribution is 2.16. The van der Waals surface area contributed by atoms with Crippen LogP contribution in [0.4, 0.5) is 0 Å². The number of fused-ring (bicyclic) bond motifs is 1. The molecule has 2 aromatic heterocycles. The molecule has 5 nitrogen and oxygen atoms in total. The van der Waals surface area contributed by atoms with Crippen molar-refractivity contribution in [2.75, 3.05) is 6.54 Å². The van der Waals surface area contributed by atoms with Crippen LogP contribution in [0.15, 0.2) is 40.5 Å². The number of hydrogen-bond donors (Lipinski definition) is 2. The van der Waals surface area contributed by atoms with E-state index in [0.717, 1.165) is 17.7 Å². The summed E-state index contributed by atoms with van der Waals surface area (Å²) in [6.45, 7) is 0.834. The lowest BCUT2D eigenvalue weighted by Gasteiger charge is -2.07. The van der Waals surface area contributed by atoms with Crippen LogP contribution in [0.5, 0.6) is 5.75 Å². The maximum absolute atomic E-state index is 11.9. The number of hydrogen-bond acceptors (Lipinski definition) is 5. The van der Waals surface area contributed by atoms with Crippen LogP contribution < -0.4 is 16.0 Å². The Kier molecular flexibility index (Phi) is 3.98. The molecule has 0 spiro atoms. The molecule has 0 aliphatic heterocycles. The van der Waals surface area contributed by atoms with Crippen molar-refractivity contribution in [3.8, 4) is 5.75 Å². The fourth-order valence-electron chi connectivity index (χ4n) is 2.10. The third kappa shape index (κ3) is 3.12. The Bertz CT molecular complexity index is 810. The van der Waals surface area contributed by atoms with E-state index in [1.54, 1.807) is 0 Å². The van der Waals surface area contributed by atoms with Crippen molar-refractivity contribution in [1.82, 2.24) is 9.97 Å². The number of thiophene rings is 1. The summed E-state index contributed by atoms with van der Waals surface area (Å²) in [6.07, 6.45) is 0.813. The summed E-state index contributed by atoms with van der Waals surface area (Å²) in [6, 6.07) is 9.60. The zero-order valence-electron chi connectivity index (χ0n) is 11.3. The summed E-state index contributed by atoms with van der Waals surface area (Å²) < 4.78 is 6.33. The molecular formula is C15H15N3O2S. The molecule has 0 amide bonds. The fourth-order valence-corrected chi connectivity index (χ4v) is 2.82. The highest BCUT2D eigenvalue weighted by atomic mass is 32.1. The molecule has 0 radical (unpaired) electrons. The normalized spacial score (nSPS) is 10.9. The van der Waals surface area contributed by atoms with E-state index < -0.39 is 0 Å². The molecule has 0 fully saturated rings. The predicted octanol–water partition coefficient (Wildman–Crippen LogP) is 2.06. The molecule has 2 heterocycles. The van der Waals surface area contributed by atoms with Gasteiger partial charge in [-0.05, 0) is 42.1 Å². The van der Waals surface area contributed by atoms with Crippen molar-refractivity contribution in [3.63, 3.8) is 0 Å². The largest absolute Gasteiger partial charge is 0.486 e. The molecular weight excluding hydrogens is 286 g/mol. The van der Waals surface area contributed by atoms with Gasteiger partial charge < -0.3 is 15.5 Å². The fraction of sp³-hybridized carbons (Fsp3) is 0.200. The van der Waals surface area contributed by atoms with Crippen molar-refractivity contribution in [2.24, 2.45) is 5.73 Å². The average Bonchev–Trinajstić information content (AvgIpc) is 2.95. The SMILES string of the molecule is NCCc1cccc(OCc2nc3ccsc3c(=O)[nH]2)c1. The van der Waals surface area contributed by atoms with E-state index in [1.165, 1.54) is 11.3 Å². The first-order valence-corrected chi connectivity index (χ1v) is 7.52. The highest BCUT2D eigenvalue weighted by molar-refractivity contribution is 7.17.